The third-order valence-corrected chi connectivity index (χ3v) is 3.80. The maximum absolute atomic E-state index is 2.39. The van der Waals surface area contributed by atoms with Crippen molar-refractivity contribution in [3.8, 4) is 0 Å². The summed E-state index contributed by atoms with van der Waals surface area (Å²) in [6.45, 7) is 7.11. The Balaban J connectivity index is 2.38. The molecule has 0 fully saturated rings. The van der Waals surface area contributed by atoms with Crippen LogP contribution in [0.3, 0.4) is 0 Å². The van der Waals surface area contributed by atoms with E-state index in [-0.39, 0.29) is 0 Å². The molecule has 0 bridgehead atoms. The summed E-state index contributed by atoms with van der Waals surface area (Å²) in [7, 11) is 0. The van der Waals surface area contributed by atoms with Crippen molar-refractivity contribution in [3.05, 3.63) is 35.4 Å². The number of fused-ring (bicyclic) bond motifs is 1. The normalized spacial score (nSPS) is 26.1. The van der Waals surface area contributed by atoms with Gasteiger partial charge in [0.1, 0.15) is 0 Å². The van der Waals surface area contributed by atoms with Crippen molar-refractivity contribution in [2.75, 3.05) is 0 Å². The highest BCUT2D eigenvalue weighted by Gasteiger charge is 2.23. The second kappa shape index (κ2) is 4.38. The van der Waals surface area contributed by atoms with Gasteiger partial charge >= 0.3 is 0 Å². The van der Waals surface area contributed by atoms with Crippen molar-refractivity contribution in [1.29, 1.82) is 0 Å². The van der Waals surface area contributed by atoms with E-state index < -0.39 is 0 Å². The van der Waals surface area contributed by atoms with Crippen LogP contribution in [0.1, 0.15) is 50.7 Å². The highest BCUT2D eigenvalue weighted by Crippen LogP contribution is 2.37. The summed E-state index contributed by atoms with van der Waals surface area (Å²) in [6.07, 6.45) is 4.03. The van der Waals surface area contributed by atoms with Crippen LogP contribution in [0.4, 0.5) is 0 Å². The molecule has 0 nitrogen and oxygen atoms in total. The van der Waals surface area contributed by atoms with Gasteiger partial charge in [-0.2, -0.15) is 0 Å². The molecule has 0 N–H and O–H groups in total. The molecular weight excluding hydrogens is 180 g/mol. The van der Waals surface area contributed by atoms with E-state index in [1.165, 1.54) is 19.3 Å². The molecule has 0 aromatic heterocycles. The van der Waals surface area contributed by atoms with Crippen molar-refractivity contribution < 1.29 is 0 Å². The van der Waals surface area contributed by atoms with Crippen LogP contribution in [0.25, 0.3) is 0 Å². The van der Waals surface area contributed by atoms with E-state index >= 15 is 0 Å². The molecule has 1 aliphatic rings. The van der Waals surface area contributed by atoms with E-state index in [1.807, 2.05) is 0 Å². The first-order chi connectivity index (χ1) is 7.18. The Hall–Kier alpha value is -0.780. The molecule has 1 aliphatic carbocycles. The first kappa shape index (κ1) is 10.7. The zero-order chi connectivity index (χ0) is 10.8. The minimum Gasteiger partial charge on any atom is -0.0622 e. The SMILES string of the molecule is CC1CCC(C(C)C)c2ccccc2C1. The van der Waals surface area contributed by atoms with Gasteiger partial charge < -0.3 is 0 Å². The van der Waals surface area contributed by atoms with E-state index in [0.29, 0.717) is 0 Å². The second-order valence-electron chi connectivity index (χ2n) is 5.44. The molecule has 0 saturated heterocycles. The molecule has 2 rings (SSSR count). The third kappa shape index (κ3) is 2.25. The maximum atomic E-state index is 2.39. The second-order valence-corrected chi connectivity index (χ2v) is 5.44. The van der Waals surface area contributed by atoms with Gasteiger partial charge in [-0.05, 0) is 48.1 Å². The van der Waals surface area contributed by atoms with Crippen LogP contribution in [0.15, 0.2) is 24.3 Å². The summed E-state index contributed by atoms with van der Waals surface area (Å²) < 4.78 is 0. The predicted molar refractivity (Wildman–Crippen MR) is 66.1 cm³/mol. The van der Waals surface area contributed by atoms with Gasteiger partial charge in [-0.25, -0.2) is 0 Å². The van der Waals surface area contributed by atoms with Crippen LogP contribution in [0.2, 0.25) is 0 Å². The molecule has 15 heavy (non-hydrogen) atoms. The lowest BCUT2D eigenvalue weighted by atomic mass is 9.84. The third-order valence-electron chi connectivity index (χ3n) is 3.80. The maximum Gasteiger partial charge on any atom is -0.0136 e. The Labute approximate surface area is 93.7 Å². The minimum absolute atomic E-state index is 0.774. The predicted octanol–water partition coefficient (Wildman–Crippen LogP) is 4.40. The van der Waals surface area contributed by atoms with Gasteiger partial charge in [-0.3, -0.25) is 0 Å². The zero-order valence-electron chi connectivity index (χ0n) is 10.2. The molecule has 0 spiro atoms. The van der Waals surface area contributed by atoms with E-state index in [9.17, 15) is 0 Å². The lowest BCUT2D eigenvalue weighted by molar-refractivity contribution is 0.426. The molecule has 1 aromatic rings. The fourth-order valence-corrected chi connectivity index (χ4v) is 2.87. The summed E-state index contributed by atoms with van der Waals surface area (Å²) >= 11 is 0. The van der Waals surface area contributed by atoms with Gasteiger partial charge in [-0.15, -0.1) is 0 Å². The number of hydrogen-bond donors (Lipinski definition) is 0. The number of benzene rings is 1. The Kier molecular flexibility index (Phi) is 3.14. The van der Waals surface area contributed by atoms with Crippen molar-refractivity contribution >= 4 is 0 Å². The van der Waals surface area contributed by atoms with Crippen LogP contribution < -0.4 is 0 Å². The molecule has 0 aliphatic heterocycles. The molecule has 2 atom stereocenters. The lowest BCUT2D eigenvalue weighted by Crippen LogP contribution is -2.07. The van der Waals surface area contributed by atoms with Crippen LogP contribution >= 0.6 is 0 Å². The summed E-state index contributed by atoms with van der Waals surface area (Å²) in [5.41, 5.74) is 3.22. The molecule has 0 radical (unpaired) electrons. The molecule has 1 aromatic carbocycles. The monoisotopic (exact) mass is 202 g/mol. The van der Waals surface area contributed by atoms with Gasteiger partial charge in [0.15, 0.2) is 0 Å². The van der Waals surface area contributed by atoms with Crippen LogP contribution in [-0.2, 0) is 6.42 Å². The Morgan fingerprint density at radius 1 is 1.13 bits per heavy atom. The average Bonchev–Trinajstić information content (AvgIpc) is 2.35. The molecule has 0 heterocycles. The quantitative estimate of drug-likeness (QED) is 0.592. The minimum atomic E-state index is 0.774. The zero-order valence-corrected chi connectivity index (χ0v) is 10.2. The fraction of sp³-hybridized carbons (Fsp3) is 0.600. The van der Waals surface area contributed by atoms with Gasteiger partial charge in [0.2, 0.25) is 0 Å². The van der Waals surface area contributed by atoms with Crippen molar-refractivity contribution in [2.24, 2.45) is 11.8 Å². The molecule has 82 valence electrons. The van der Waals surface area contributed by atoms with E-state index in [1.54, 1.807) is 11.1 Å². The van der Waals surface area contributed by atoms with Crippen molar-refractivity contribution in [2.45, 2.75) is 46.0 Å². The van der Waals surface area contributed by atoms with Crippen molar-refractivity contribution in [3.63, 3.8) is 0 Å². The van der Waals surface area contributed by atoms with Gasteiger partial charge in [0.05, 0.1) is 0 Å². The summed E-state index contributed by atoms with van der Waals surface area (Å²) in [6, 6.07) is 9.06. The van der Waals surface area contributed by atoms with Crippen LogP contribution in [-0.4, -0.2) is 0 Å². The summed E-state index contributed by atoms with van der Waals surface area (Å²) in [4.78, 5) is 0. The highest BCUT2D eigenvalue weighted by molar-refractivity contribution is 5.32. The highest BCUT2D eigenvalue weighted by atomic mass is 14.3. The summed E-state index contributed by atoms with van der Waals surface area (Å²) in [5, 5.41) is 0. The smallest absolute Gasteiger partial charge is 0.0136 e. The number of hydrogen-bond acceptors (Lipinski definition) is 0. The van der Waals surface area contributed by atoms with Gasteiger partial charge in [0.25, 0.3) is 0 Å². The van der Waals surface area contributed by atoms with Crippen molar-refractivity contribution in [1.82, 2.24) is 0 Å². The molecule has 2 unspecified atom stereocenters. The molecular formula is C15H22. The first-order valence-electron chi connectivity index (χ1n) is 6.26. The topological polar surface area (TPSA) is 0 Å². The largest absolute Gasteiger partial charge is 0.0622 e. The Morgan fingerprint density at radius 2 is 1.87 bits per heavy atom. The van der Waals surface area contributed by atoms with Gasteiger partial charge in [0, 0.05) is 0 Å². The number of rotatable bonds is 1. The average molecular weight is 202 g/mol. The van der Waals surface area contributed by atoms with E-state index in [0.717, 1.165) is 17.8 Å². The molecule has 0 amide bonds. The first-order valence-corrected chi connectivity index (χ1v) is 6.26. The van der Waals surface area contributed by atoms with E-state index in [2.05, 4.69) is 45.0 Å². The Morgan fingerprint density at radius 3 is 2.60 bits per heavy atom. The lowest BCUT2D eigenvalue weighted by Gasteiger charge is -2.21. The standard InChI is InChI=1S/C15H22/c1-11(2)14-9-8-12(3)10-13-6-4-5-7-15(13)14/h4-7,11-12,14H,8-10H2,1-3H3. The molecule has 0 heteroatoms. The Bertz CT molecular complexity index is 325. The van der Waals surface area contributed by atoms with Crippen LogP contribution in [0.5, 0.6) is 0 Å². The van der Waals surface area contributed by atoms with E-state index in [4.69, 9.17) is 0 Å². The van der Waals surface area contributed by atoms with Crippen LogP contribution in [0, 0.1) is 11.8 Å². The summed E-state index contributed by atoms with van der Waals surface area (Å²) in [5.74, 6) is 2.41. The van der Waals surface area contributed by atoms with Gasteiger partial charge in [-0.1, -0.05) is 45.0 Å². The fourth-order valence-electron chi connectivity index (χ4n) is 2.87. The molecule has 0 saturated carbocycles.